The van der Waals surface area contributed by atoms with Crippen molar-refractivity contribution in [1.29, 1.82) is 0 Å². The van der Waals surface area contributed by atoms with Crippen LogP contribution >= 0.6 is 0 Å². The fourth-order valence-electron chi connectivity index (χ4n) is 1.78. The summed E-state index contributed by atoms with van der Waals surface area (Å²) in [5, 5.41) is 18.9. The molecule has 5 nitrogen and oxygen atoms in total. The second-order valence-electron chi connectivity index (χ2n) is 3.90. The SMILES string of the molecule is CCOC(OCC)[C@H](OCC)c1ccc(O)c(O)c1. The molecule has 0 radical (unpaired) electrons. The number of aromatic hydroxyl groups is 2. The molecule has 0 aliphatic carbocycles. The van der Waals surface area contributed by atoms with E-state index >= 15 is 0 Å². The number of benzene rings is 1. The summed E-state index contributed by atoms with van der Waals surface area (Å²) in [6.07, 6.45) is -0.990. The van der Waals surface area contributed by atoms with Crippen LogP contribution in [-0.2, 0) is 14.2 Å². The van der Waals surface area contributed by atoms with Gasteiger partial charge >= 0.3 is 0 Å². The van der Waals surface area contributed by atoms with Crippen molar-refractivity contribution in [2.75, 3.05) is 19.8 Å². The third-order valence-corrected chi connectivity index (χ3v) is 2.58. The molecule has 0 amide bonds. The molecule has 0 aliphatic rings. The lowest BCUT2D eigenvalue weighted by molar-refractivity contribution is -0.204. The number of rotatable bonds is 8. The molecule has 0 spiro atoms. The molecular weight excluding hydrogens is 248 g/mol. The minimum Gasteiger partial charge on any atom is -0.504 e. The van der Waals surface area contributed by atoms with E-state index in [2.05, 4.69) is 0 Å². The van der Waals surface area contributed by atoms with E-state index in [1.54, 1.807) is 6.07 Å². The lowest BCUT2D eigenvalue weighted by Gasteiger charge is -2.27. The summed E-state index contributed by atoms with van der Waals surface area (Å²) in [5.41, 5.74) is 0.698. The average Bonchev–Trinajstić information content (AvgIpc) is 2.39. The topological polar surface area (TPSA) is 68.2 Å². The van der Waals surface area contributed by atoms with Gasteiger partial charge in [0.25, 0.3) is 0 Å². The van der Waals surface area contributed by atoms with Crippen LogP contribution in [0.3, 0.4) is 0 Å². The van der Waals surface area contributed by atoms with Gasteiger partial charge in [-0.3, -0.25) is 0 Å². The van der Waals surface area contributed by atoms with Crippen LogP contribution in [0.5, 0.6) is 11.5 Å². The van der Waals surface area contributed by atoms with E-state index in [0.717, 1.165) is 0 Å². The second kappa shape index (κ2) is 7.99. The quantitative estimate of drug-likeness (QED) is 0.561. The van der Waals surface area contributed by atoms with Gasteiger partial charge in [-0.1, -0.05) is 6.07 Å². The van der Waals surface area contributed by atoms with Gasteiger partial charge in [0, 0.05) is 19.8 Å². The molecule has 0 saturated carbocycles. The van der Waals surface area contributed by atoms with E-state index in [1.165, 1.54) is 12.1 Å². The molecule has 0 fully saturated rings. The monoisotopic (exact) mass is 270 g/mol. The van der Waals surface area contributed by atoms with E-state index in [1.807, 2.05) is 20.8 Å². The Kier molecular flexibility index (Phi) is 6.62. The summed E-state index contributed by atoms with van der Waals surface area (Å²) < 4.78 is 16.7. The maximum Gasteiger partial charge on any atom is 0.187 e. The Labute approximate surface area is 113 Å². The molecule has 0 bridgehead atoms. The van der Waals surface area contributed by atoms with Gasteiger partial charge < -0.3 is 24.4 Å². The Morgan fingerprint density at radius 2 is 1.47 bits per heavy atom. The molecule has 1 aromatic rings. The molecule has 0 aliphatic heterocycles. The smallest absolute Gasteiger partial charge is 0.187 e. The summed E-state index contributed by atoms with van der Waals surface area (Å²) in [6.45, 7) is 7.12. The van der Waals surface area contributed by atoms with Crippen LogP contribution in [0.2, 0.25) is 0 Å². The molecule has 1 rings (SSSR count). The highest BCUT2D eigenvalue weighted by Gasteiger charge is 2.25. The summed E-state index contributed by atoms with van der Waals surface area (Å²) in [7, 11) is 0. The maximum atomic E-state index is 9.57. The van der Waals surface area contributed by atoms with E-state index in [4.69, 9.17) is 14.2 Å². The number of phenols is 2. The van der Waals surface area contributed by atoms with Crippen molar-refractivity contribution in [3.8, 4) is 11.5 Å². The Bertz CT molecular complexity index is 374. The van der Waals surface area contributed by atoms with Crippen LogP contribution in [0.4, 0.5) is 0 Å². The summed E-state index contributed by atoms with van der Waals surface area (Å²) in [5.74, 6) is -0.350. The van der Waals surface area contributed by atoms with Crippen LogP contribution in [0.15, 0.2) is 18.2 Å². The van der Waals surface area contributed by atoms with E-state index in [-0.39, 0.29) is 11.5 Å². The van der Waals surface area contributed by atoms with Crippen molar-refractivity contribution >= 4 is 0 Å². The lowest BCUT2D eigenvalue weighted by Crippen LogP contribution is -2.28. The first kappa shape index (κ1) is 15.8. The van der Waals surface area contributed by atoms with Crippen molar-refractivity contribution < 1.29 is 24.4 Å². The molecule has 1 atom stereocenters. The second-order valence-corrected chi connectivity index (χ2v) is 3.90. The minimum absolute atomic E-state index is 0.164. The number of hydrogen-bond donors (Lipinski definition) is 2. The van der Waals surface area contributed by atoms with Crippen LogP contribution < -0.4 is 0 Å². The standard InChI is InChI=1S/C14H22O5/c1-4-17-13(14(18-5-2)19-6-3)10-7-8-11(15)12(16)9-10/h7-9,13-16H,4-6H2,1-3H3/t13-/m1/s1. The van der Waals surface area contributed by atoms with Crippen molar-refractivity contribution in [1.82, 2.24) is 0 Å². The first-order valence-corrected chi connectivity index (χ1v) is 6.50. The first-order chi connectivity index (χ1) is 9.13. The third kappa shape index (κ3) is 4.38. The Morgan fingerprint density at radius 3 is 1.95 bits per heavy atom. The fourth-order valence-corrected chi connectivity index (χ4v) is 1.78. The van der Waals surface area contributed by atoms with Gasteiger partial charge in [-0.25, -0.2) is 0 Å². The fraction of sp³-hybridized carbons (Fsp3) is 0.571. The summed E-state index contributed by atoms with van der Waals surface area (Å²) >= 11 is 0. The molecule has 108 valence electrons. The predicted octanol–water partition coefficient (Wildman–Crippen LogP) is 2.57. The Morgan fingerprint density at radius 1 is 0.895 bits per heavy atom. The van der Waals surface area contributed by atoms with Crippen molar-refractivity contribution in [3.05, 3.63) is 23.8 Å². The first-order valence-electron chi connectivity index (χ1n) is 6.50. The van der Waals surface area contributed by atoms with Gasteiger partial charge in [-0.15, -0.1) is 0 Å². The largest absolute Gasteiger partial charge is 0.504 e. The average molecular weight is 270 g/mol. The molecule has 5 heteroatoms. The number of ether oxygens (including phenoxy) is 3. The van der Waals surface area contributed by atoms with Crippen LogP contribution in [0, 0.1) is 0 Å². The van der Waals surface area contributed by atoms with Crippen LogP contribution in [-0.4, -0.2) is 36.3 Å². The zero-order valence-corrected chi connectivity index (χ0v) is 11.6. The van der Waals surface area contributed by atoms with E-state index in [0.29, 0.717) is 25.4 Å². The van der Waals surface area contributed by atoms with Crippen molar-refractivity contribution in [2.45, 2.75) is 33.2 Å². The molecular formula is C14H22O5. The molecule has 1 aromatic carbocycles. The number of phenolic OH excluding ortho intramolecular Hbond substituents is 2. The minimum atomic E-state index is -0.543. The predicted molar refractivity (Wildman–Crippen MR) is 71.2 cm³/mol. The highest BCUT2D eigenvalue weighted by Crippen LogP contribution is 2.31. The van der Waals surface area contributed by atoms with Crippen LogP contribution in [0.1, 0.15) is 32.4 Å². The molecule has 0 aromatic heterocycles. The maximum absolute atomic E-state index is 9.57. The van der Waals surface area contributed by atoms with Crippen molar-refractivity contribution in [3.63, 3.8) is 0 Å². The summed E-state index contributed by atoms with van der Waals surface area (Å²) in [4.78, 5) is 0. The zero-order chi connectivity index (χ0) is 14.3. The third-order valence-electron chi connectivity index (χ3n) is 2.58. The molecule has 19 heavy (non-hydrogen) atoms. The molecule has 0 heterocycles. The Balaban J connectivity index is 2.98. The van der Waals surface area contributed by atoms with E-state index in [9.17, 15) is 10.2 Å². The van der Waals surface area contributed by atoms with Gasteiger partial charge in [0.15, 0.2) is 17.8 Å². The lowest BCUT2D eigenvalue weighted by atomic mass is 10.1. The number of hydrogen-bond acceptors (Lipinski definition) is 5. The Hall–Kier alpha value is -1.30. The van der Waals surface area contributed by atoms with E-state index < -0.39 is 12.4 Å². The highest BCUT2D eigenvalue weighted by atomic mass is 16.7. The molecule has 2 N–H and O–H groups in total. The van der Waals surface area contributed by atoms with Gasteiger partial charge in [0.1, 0.15) is 6.10 Å². The van der Waals surface area contributed by atoms with Gasteiger partial charge in [-0.05, 0) is 38.5 Å². The molecule has 0 unspecified atom stereocenters. The normalized spacial score (nSPS) is 12.8. The zero-order valence-electron chi connectivity index (χ0n) is 11.6. The van der Waals surface area contributed by atoms with Gasteiger partial charge in [0.2, 0.25) is 0 Å². The van der Waals surface area contributed by atoms with Crippen LogP contribution in [0.25, 0.3) is 0 Å². The highest BCUT2D eigenvalue weighted by molar-refractivity contribution is 5.41. The molecule has 0 saturated heterocycles. The van der Waals surface area contributed by atoms with Crippen molar-refractivity contribution in [2.24, 2.45) is 0 Å². The van der Waals surface area contributed by atoms with Gasteiger partial charge in [0.05, 0.1) is 0 Å². The summed E-state index contributed by atoms with van der Waals surface area (Å²) in [6, 6.07) is 4.56. The van der Waals surface area contributed by atoms with Gasteiger partial charge in [-0.2, -0.15) is 0 Å².